The van der Waals surface area contributed by atoms with Gasteiger partial charge in [-0.15, -0.1) is 0 Å². The Hall–Kier alpha value is -1.96. The monoisotopic (exact) mass is 362 g/mol. The minimum atomic E-state index is -3.71. The summed E-state index contributed by atoms with van der Waals surface area (Å²) in [5.74, 6) is -0.265. The lowest BCUT2D eigenvalue weighted by molar-refractivity contribution is -0.124. The molecule has 1 saturated heterocycles. The normalized spacial score (nSPS) is 18.5. The summed E-state index contributed by atoms with van der Waals surface area (Å²) >= 11 is 0. The number of rotatable bonds is 6. The number of hydrogen-bond donors (Lipinski definition) is 1. The summed E-state index contributed by atoms with van der Waals surface area (Å²) < 4.78 is 32.3. The Bertz CT molecular complexity index is 866. The smallest absolute Gasteiger partial charge is 0.243 e. The van der Waals surface area contributed by atoms with E-state index in [0.29, 0.717) is 32.5 Å². The molecule has 1 atom stereocenters. The SMILES string of the molecule is COCCNC(=O)[C@@H]1CCCN1S(=O)(=O)c1ccc2ccccc2c1. The van der Waals surface area contributed by atoms with Crippen molar-refractivity contribution in [3.8, 4) is 0 Å². The Morgan fingerprint density at radius 2 is 2.00 bits per heavy atom. The van der Waals surface area contributed by atoms with Gasteiger partial charge in [0.25, 0.3) is 0 Å². The summed E-state index contributed by atoms with van der Waals surface area (Å²) in [4.78, 5) is 12.6. The number of carbonyl (C=O) groups excluding carboxylic acids is 1. The third kappa shape index (κ3) is 3.68. The van der Waals surface area contributed by atoms with Gasteiger partial charge in [-0.3, -0.25) is 4.79 Å². The quantitative estimate of drug-likeness (QED) is 0.795. The van der Waals surface area contributed by atoms with Crippen LogP contribution in [0.1, 0.15) is 12.8 Å². The van der Waals surface area contributed by atoms with Crippen molar-refractivity contribution in [3.63, 3.8) is 0 Å². The van der Waals surface area contributed by atoms with Gasteiger partial charge in [0, 0.05) is 20.2 Å². The minimum absolute atomic E-state index is 0.225. The summed E-state index contributed by atoms with van der Waals surface area (Å²) in [7, 11) is -2.16. The van der Waals surface area contributed by atoms with E-state index >= 15 is 0 Å². The minimum Gasteiger partial charge on any atom is -0.383 e. The van der Waals surface area contributed by atoms with E-state index in [1.165, 1.54) is 4.31 Å². The summed E-state index contributed by atoms with van der Waals surface area (Å²) in [6, 6.07) is 12.0. The van der Waals surface area contributed by atoms with Gasteiger partial charge in [-0.1, -0.05) is 30.3 Å². The molecule has 2 aromatic rings. The standard InChI is InChI=1S/C18H22N2O4S/c1-24-12-10-19-18(21)17-7-4-11-20(17)25(22,23)16-9-8-14-5-2-3-6-15(14)13-16/h2-3,5-6,8-9,13,17H,4,7,10-12H2,1H3,(H,19,21)/t17-/m0/s1. The first-order chi connectivity index (χ1) is 12.0. The van der Waals surface area contributed by atoms with Crippen LogP contribution in [0.3, 0.4) is 0 Å². The zero-order valence-corrected chi connectivity index (χ0v) is 15.0. The second kappa shape index (κ2) is 7.51. The Labute approximate surface area is 147 Å². The predicted molar refractivity (Wildman–Crippen MR) is 95.7 cm³/mol. The van der Waals surface area contributed by atoms with Crippen LogP contribution in [0.2, 0.25) is 0 Å². The molecule has 1 aliphatic heterocycles. The number of ether oxygens (including phenoxy) is 1. The van der Waals surface area contributed by atoms with E-state index < -0.39 is 16.1 Å². The average molecular weight is 362 g/mol. The number of sulfonamides is 1. The fourth-order valence-corrected chi connectivity index (χ4v) is 4.84. The zero-order valence-electron chi connectivity index (χ0n) is 14.1. The van der Waals surface area contributed by atoms with Crippen molar-refractivity contribution in [3.05, 3.63) is 42.5 Å². The molecule has 6 nitrogen and oxygen atoms in total. The number of methoxy groups -OCH3 is 1. The van der Waals surface area contributed by atoms with E-state index in [2.05, 4.69) is 5.32 Å². The molecule has 134 valence electrons. The highest BCUT2D eigenvalue weighted by Gasteiger charge is 2.39. The fraction of sp³-hybridized carbons (Fsp3) is 0.389. The molecule has 25 heavy (non-hydrogen) atoms. The molecule has 1 N–H and O–H groups in total. The molecule has 3 rings (SSSR count). The molecule has 1 heterocycles. The molecule has 0 saturated carbocycles. The van der Waals surface area contributed by atoms with Gasteiger partial charge in [-0.25, -0.2) is 8.42 Å². The number of benzene rings is 2. The molecular formula is C18H22N2O4S. The molecule has 0 spiro atoms. The van der Waals surface area contributed by atoms with Crippen molar-refractivity contribution in [2.45, 2.75) is 23.8 Å². The van der Waals surface area contributed by atoms with Crippen molar-refractivity contribution < 1.29 is 17.9 Å². The molecule has 0 unspecified atom stereocenters. The van der Waals surface area contributed by atoms with Crippen LogP contribution in [0.15, 0.2) is 47.4 Å². The number of nitrogens with zero attached hydrogens (tertiary/aromatic N) is 1. The van der Waals surface area contributed by atoms with Crippen molar-refractivity contribution >= 4 is 26.7 Å². The Kier molecular flexibility index (Phi) is 5.36. The number of fused-ring (bicyclic) bond motifs is 1. The van der Waals surface area contributed by atoms with Crippen LogP contribution in [0.5, 0.6) is 0 Å². The molecule has 0 aliphatic carbocycles. The Morgan fingerprint density at radius 3 is 2.76 bits per heavy atom. The van der Waals surface area contributed by atoms with Crippen LogP contribution in [0, 0.1) is 0 Å². The summed E-state index contributed by atoms with van der Waals surface area (Å²) in [6.45, 7) is 1.13. The topological polar surface area (TPSA) is 75.7 Å². The van der Waals surface area contributed by atoms with Crippen LogP contribution in [-0.2, 0) is 19.6 Å². The molecule has 0 radical (unpaired) electrons. The predicted octanol–water partition coefficient (Wildman–Crippen LogP) is 1.76. The van der Waals surface area contributed by atoms with E-state index in [4.69, 9.17) is 4.74 Å². The van der Waals surface area contributed by atoms with Gasteiger partial charge in [0.15, 0.2) is 0 Å². The van der Waals surface area contributed by atoms with Crippen LogP contribution < -0.4 is 5.32 Å². The van der Waals surface area contributed by atoms with Gasteiger partial charge in [-0.2, -0.15) is 4.31 Å². The maximum atomic E-state index is 13.0. The summed E-state index contributed by atoms with van der Waals surface area (Å²) in [5, 5.41) is 4.59. The van der Waals surface area contributed by atoms with Crippen molar-refractivity contribution in [2.75, 3.05) is 26.8 Å². The van der Waals surface area contributed by atoms with Gasteiger partial charge in [0.1, 0.15) is 6.04 Å². The van der Waals surface area contributed by atoms with Gasteiger partial charge < -0.3 is 10.1 Å². The molecule has 7 heteroatoms. The number of carbonyl (C=O) groups is 1. The highest BCUT2D eigenvalue weighted by molar-refractivity contribution is 7.89. The van der Waals surface area contributed by atoms with E-state index in [0.717, 1.165) is 10.8 Å². The molecule has 0 aromatic heterocycles. The third-order valence-electron chi connectivity index (χ3n) is 4.44. The lowest BCUT2D eigenvalue weighted by atomic mass is 10.1. The highest BCUT2D eigenvalue weighted by Crippen LogP contribution is 2.28. The molecule has 1 fully saturated rings. The van der Waals surface area contributed by atoms with Crippen molar-refractivity contribution in [1.29, 1.82) is 0 Å². The van der Waals surface area contributed by atoms with E-state index in [1.54, 1.807) is 25.3 Å². The van der Waals surface area contributed by atoms with Crippen LogP contribution in [0.25, 0.3) is 10.8 Å². The number of hydrogen-bond acceptors (Lipinski definition) is 4. The third-order valence-corrected chi connectivity index (χ3v) is 6.34. The van der Waals surface area contributed by atoms with Gasteiger partial charge in [0.2, 0.25) is 15.9 Å². The van der Waals surface area contributed by atoms with Crippen molar-refractivity contribution in [1.82, 2.24) is 9.62 Å². The van der Waals surface area contributed by atoms with Crippen LogP contribution >= 0.6 is 0 Å². The molecular weight excluding hydrogens is 340 g/mol. The first kappa shape index (κ1) is 17.8. The first-order valence-electron chi connectivity index (χ1n) is 8.31. The average Bonchev–Trinajstić information content (AvgIpc) is 3.12. The maximum absolute atomic E-state index is 13.0. The zero-order chi connectivity index (χ0) is 17.9. The molecule has 1 amide bonds. The molecule has 2 aromatic carbocycles. The molecule has 1 aliphatic rings. The van der Waals surface area contributed by atoms with Crippen LogP contribution in [0.4, 0.5) is 0 Å². The van der Waals surface area contributed by atoms with E-state index in [9.17, 15) is 13.2 Å². The highest BCUT2D eigenvalue weighted by atomic mass is 32.2. The Morgan fingerprint density at radius 1 is 1.24 bits per heavy atom. The lowest BCUT2D eigenvalue weighted by Crippen LogP contribution is -2.46. The maximum Gasteiger partial charge on any atom is 0.243 e. The Balaban J connectivity index is 1.85. The summed E-state index contributed by atoms with van der Waals surface area (Å²) in [6.07, 6.45) is 1.21. The summed E-state index contributed by atoms with van der Waals surface area (Å²) in [5.41, 5.74) is 0. The van der Waals surface area contributed by atoms with Crippen molar-refractivity contribution in [2.24, 2.45) is 0 Å². The second-order valence-corrected chi connectivity index (χ2v) is 7.96. The number of nitrogens with one attached hydrogen (secondary N) is 1. The largest absolute Gasteiger partial charge is 0.383 e. The van der Waals surface area contributed by atoms with Crippen LogP contribution in [-0.4, -0.2) is 51.5 Å². The lowest BCUT2D eigenvalue weighted by Gasteiger charge is -2.23. The van der Waals surface area contributed by atoms with Gasteiger partial charge in [-0.05, 0) is 35.7 Å². The molecule has 0 bridgehead atoms. The fourth-order valence-electron chi connectivity index (χ4n) is 3.15. The van der Waals surface area contributed by atoms with Gasteiger partial charge in [0.05, 0.1) is 11.5 Å². The van der Waals surface area contributed by atoms with E-state index in [1.807, 2.05) is 24.3 Å². The van der Waals surface area contributed by atoms with E-state index in [-0.39, 0.29) is 10.8 Å². The second-order valence-electron chi connectivity index (χ2n) is 6.07. The van der Waals surface area contributed by atoms with Gasteiger partial charge >= 0.3 is 0 Å². The number of amides is 1. The first-order valence-corrected chi connectivity index (χ1v) is 9.75.